The van der Waals surface area contributed by atoms with Gasteiger partial charge in [0.15, 0.2) is 0 Å². The van der Waals surface area contributed by atoms with Crippen LogP contribution in [0.1, 0.15) is 5.56 Å². The van der Waals surface area contributed by atoms with Gasteiger partial charge in [0, 0.05) is 12.4 Å². The molecule has 2 rings (SSSR count). The zero-order chi connectivity index (χ0) is 12.7. The number of pyridine rings is 1. The van der Waals surface area contributed by atoms with E-state index >= 15 is 0 Å². The predicted octanol–water partition coefficient (Wildman–Crippen LogP) is 3.93. The van der Waals surface area contributed by atoms with Crippen molar-refractivity contribution in [2.45, 2.75) is 6.18 Å². The van der Waals surface area contributed by atoms with E-state index < -0.39 is 17.6 Å². The fraction of sp³-hybridized carbons (Fsp3) is 0.0833. The van der Waals surface area contributed by atoms with Gasteiger partial charge in [0.1, 0.15) is 5.82 Å². The Bertz CT molecular complexity index is 413. The van der Waals surface area contributed by atoms with Gasteiger partial charge in [-0.1, -0.05) is 12.1 Å². The molecule has 0 bridgehead atoms. The maximum Gasteiger partial charge on any atom is 0.416 e. The summed E-state index contributed by atoms with van der Waals surface area (Å²) < 4.78 is 47.6. The third kappa shape index (κ3) is 5.10. The van der Waals surface area contributed by atoms with Crippen LogP contribution in [0, 0.1) is 5.82 Å². The average Bonchev–Trinajstić information content (AvgIpc) is 2.31. The lowest BCUT2D eigenvalue weighted by Gasteiger charge is -2.04. The molecule has 90 valence electrons. The largest absolute Gasteiger partial charge is 0.416 e. The number of hydrogen-bond donors (Lipinski definition) is 0. The Balaban J connectivity index is 0.000000202. The van der Waals surface area contributed by atoms with Gasteiger partial charge in [0.05, 0.1) is 5.56 Å². The second-order valence-corrected chi connectivity index (χ2v) is 3.03. The standard InChI is InChI=1S/C7H4F4.C5H5N/c8-6-3-1-2-5(4-6)7(9,10)11;1-2-4-6-5-3-1/h1-4H;1-5H. The Morgan fingerprint density at radius 2 is 1.53 bits per heavy atom. The molecule has 0 N–H and O–H groups in total. The lowest BCUT2D eigenvalue weighted by atomic mass is 10.2. The Morgan fingerprint density at radius 3 is 1.82 bits per heavy atom. The smallest absolute Gasteiger partial charge is 0.265 e. The van der Waals surface area contributed by atoms with E-state index in [-0.39, 0.29) is 0 Å². The van der Waals surface area contributed by atoms with Gasteiger partial charge in [0.2, 0.25) is 0 Å². The second kappa shape index (κ2) is 5.98. The van der Waals surface area contributed by atoms with Crippen LogP contribution in [0.15, 0.2) is 54.9 Å². The van der Waals surface area contributed by atoms with Gasteiger partial charge in [-0.25, -0.2) is 4.39 Å². The molecule has 0 spiro atoms. The average molecular weight is 243 g/mol. The molecule has 17 heavy (non-hydrogen) atoms. The van der Waals surface area contributed by atoms with E-state index in [1.807, 2.05) is 18.2 Å². The predicted molar refractivity (Wildman–Crippen MR) is 55.6 cm³/mol. The van der Waals surface area contributed by atoms with E-state index in [4.69, 9.17) is 0 Å². The van der Waals surface area contributed by atoms with Crippen LogP contribution < -0.4 is 0 Å². The van der Waals surface area contributed by atoms with Crippen molar-refractivity contribution in [2.24, 2.45) is 0 Å². The molecule has 0 aliphatic rings. The number of aromatic nitrogens is 1. The Morgan fingerprint density at radius 1 is 0.882 bits per heavy atom. The number of alkyl halides is 3. The van der Waals surface area contributed by atoms with Gasteiger partial charge in [-0.2, -0.15) is 13.2 Å². The summed E-state index contributed by atoms with van der Waals surface area (Å²) in [5.41, 5.74) is -0.961. The summed E-state index contributed by atoms with van der Waals surface area (Å²) in [6.45, 7) is 0. The summed E-state index contributed by atoms with van der Waals surface area (Å²) in [5.74, 6) is -0.875. The van der Waals surface area contributed by atoms with Crippen molar-refractivity contribution in [2.75, 3.05) is 0 Å². The molecule has 0 amide bonds. The monoisotopic (exact) mass is 243 g/mol. The maximum atomic E-state index is 12.2. The SMILES string of the molecule is Fc1cccc(C(F)(F)F)c1.c1ccncc1. The van der Waals surface area contributed by atoms with E-state index in [1.165, 1.54) is 0 Å². The fourth-order valence-corrected chi connectivity index (χ4v) is 0.977. The summed E-state index contributed by atoms with van der Waals surface area (Å²) in [6, 6.07) is 8.99. The third-order valence-electron chi connectivity index (χ3n) is 1.72. The van der Waals surface area contributed by atoms with Crippen LogP contribution >= 0.6 is 0 Å². The molecule has 1 aromatic heterocycles. The molecule has 0 fully saturated rings. The van der Waals surface area contributed by atoms with Crippen molar-refractivity contribution in [1.29, 1.82) is 0 Å². The first-order valence-corrected chi connectivity index (χ1v) is 4.68. The zero-order valence-corrected chi connectivity index (χ0v) is 8.66. The summed E-state index contributed by atoms with van der Waals surface area (Å²) in [7, 11) is 0. The molecule has 0 radical (unpaired) electrons. The van der Waals surface area contributed by atoms with Gasteiger partial charge in [0.25, 0.3) is 0 Å². The molecule has 1 aromatic carbocycles. The molecule has 0 saturated heterocycles. The van der Waals surface area contributed by atoms with Crippen LogP contribution in [0.2, 0.25) is 0 Å². The molecule has 0 aliphatic carbocycles. The van der Waals surface area contributed by atoms with Gasteiger partial charge in [-0.3, -0.25) is 4.98 Å². The fourth-order valence-electron chi connectivity index (χ4n) is 0.977. The Labute approximate surface area is 95.7 Å². The summed E-state index contributed by atoms with van der Waals surface area (Å²) >= 11 is 0. The first-order chi connectivity index (χ1) is 8.00. The molecular formula is C12H9F4N. The molecule has 0 unspecified atom stereocenters. The number of rotatable bonds is 0. The number of benzene rings is 1. The molecule has 1 nitrogen and oxygen atoms in total. The molecule has 0 aliphatic heterocycles. The van der Waals surface area contributed by atoms with Crippen LogP contribution in [0.5, 0.6) is 0 Å². The normalized spacial score (nSPS) is 10.4. The van der Waals surface area contributed by atoms with Crippen molar-refractivity contribution < 1.29 is 17.6 Å². The highest BCUT2D eigenvalue weighted by Gasteiger charge is 2.30. The lowest BCUT2D eigenvalue weighted by Crippen LogP contribution is -2.04. The second-order valence-electron chi connectivity index (χ2n) is 3.03. The third-order valence-corrected chi connectivity index (χ3v) is 1.72. The van der Waals surface area contributed by atoms with Gasteiger partial charge < -0.3 is 0 Å². The molecule has 1 heterocycles. The molecule has 5 heteroatoms. The summed E-state index contributed by atoms with van der Waals surface area (Å²) in [6.07, 6.45) is -0.956. The van der Waals surface area contributed by atoms with Crippen LogP contribution in [-0.4, -0.2) is 4.98 Å². The van der Waals surface area contributed by atoms with Crippen LogP contribution in [0.3, 0.4) is 0 Å². The van der Waals surface area contributed by atoms with E-state index in [0.717, 1.165) is 18.2 Å². The van der Waals surface area contributed by atoms with E-state index in [0.29, 0.717) is 6.07 Å². The summed E-state index contributed by atoms with van der Waals surface area (Å²) in [4.78, 5) is 3.78. The topological polar surface area (TPSA) is 12.9 Å². The van der Waals surface area contributed by atoms with Gasteiger partial charge in [-0.15, -0.1) is 0 Å². The highest BCUT2D eigenvalue weighted by Crippen LogP contribution is 2.28. The highest BCUT2D eigenvalue weighted by atomic mass is 19.4. The van der Waals surface area contributed by atoms with Crippen LogP contribution in [0.4, 0.5) is 17.6 Å². The minimum Gasteiger partial charge on any atom is -0.265 e. The number of hydrogen-bond acceptors (Lipinski definition) is 1. The van der Waals surface area contributed by atoms with Gasteiger partial charge in [-0.05, 0) is 30.3 Å². The van der Waals surface area contributed by atoms with Gasteiger partial charge >= 0.3 is 6.18 Å². The van der Waals surface area contributed by atoms with Crippen molar-refractivity contribution >= 4 is 0 Å². The maximum absolute atomic E-state index is 12.2. The van der Waals surface area contributed by atoms with Crippen molar-refractivity contribution in [3.63, 3.8) is 0 Å². The molecule has 0 atom stereocenters. The van der Waals surface area contributed by atoms with Crippen molar-refractivity contribution in [3.8, 4) is 0 Å². The minimum atomic E-state index is -4.46. The van der Waals surface area contributed by atoms with E-state index in [2.05, 4.69) is 4.98 Å². The quantitative estimate of drug-likeness (QED) is 0.639. The zero-order valence-electron chi connectivity index (χ0n) is 8.66. The minimum absolute atomic E-state index is 0.458. The lowest BCUT2D eigenvalue weighted by molar-refractivity contribution is -0.137. The van der Waals surface area contributed by atoms with E-state index in [1.54, 1.807) is 12.4 Å². The molecular weight excluding hydrogens is 234 g/mol. The highest BCUT2D eigenvalue weighted by molar-refractivity contribution is 5.18. The number of halogens is 4. The Hall–Kier alpha value is -1.91. The molecule has 0 saturated carbocycles. The van der Waals surface area contributed by atoms with E-state index in [9.17, 15) is 17.6 Å². The first-order valence-electron chi connectivity index (χ1n) is 4.68. The van der Waals surface area contributed by atoms with Crippen molar-refractivity contribution in [3.05, 3.63) is 66.2 Å². The summed E-state index contributed by atoms with van der Waals surface area (Å²) in [5, 5.41) is 0. The van der Waals surface area contributed by atoms with Crippen LogP contribution in [0.25, 0.3) is 0 Å². The van der Waals surface area contributed by atoms with Crippen LogP contribution in [-0.2, 0) is 6.18 Å². The van der Waals surface area contributed by atoms with Crippen molar-refractivity contribution in [1.82, 2.24) is 4.98 Å². The molecule has 2 aromatic rings. The first kappa shape index (κ1) is 13.2. The Kier molecular flexibility index (Phi) is 4.63. The number of nitrogens with zero attached hydrogens (tertiary/aromatic N) is 1.